The van der Waals surface area contributed by atoms with E-state index in [-0.39, 0.29) is 5.84 Å². The van der Waals surface area contributed by atoms with Gasteiger partial charge in [-0.25, -0.2) is 22.6 Å². The van der Waals surface area contributed by atoms with Crippen LogP contribution in [-0.2, 0) is 12.8 Å². The number of benzene rings is 3. The summed E-state index contributed by atoms with van der Waals surface area (Å²) >= 11 is 0. The summed E-state index contributed by atoms with van der Waals surface area (Å²) in [7, 11) is 0. The van der Waals surface area contributed by atoms with E-state index < -0.39 is 40.3 Å². The third-order valence-electron chi connectivity index (χ3n) is 5.54. The van der Waals surface area contributed by atoms with Gasteiger partial charge in [-0.2, -0.15) is 0 Å². The predicted octanol–water partition coefficient (Wildman–Crippen LogP) is 4.55. The molecule has 0 radical (unpaired) electrons. The summed E-state index contributed by atoms with van der Waals surface area (Å²) in [6.07, 6.45) is 1.72. The summed E-state index contributed by atoms with van der Waals surface area (Å²) in [4.78, 5) is 18.2. The molecule has 0 aromatic heterocycles. The topological polar surface area (TPSA) is 32.7 Å². The van der Waals surface area contributed by atoms with Crippen LogP contribution in [0.25, 0.3) is 10.8 Å². The van der Waals surface area contributed by atoms with E-state index in [0.29, 0.717) is 16.8 Å². The smallest absolute Gasteiger partial charge is 0.268 e. The van der Waals surface area contributed by atoms with Crippen molar-refractivity contribution in [2.24, 2.45) is 4.99 Å². The number of amides is 1. The van der Waals surface area contributed by atoms with Gasteiger partial charge in [0.2, 0.25) is 0 Å². The molecule has 0 unspecified atom stereocenters. The number of aliphatic imine (C=N–C) groups is 1. The standard InChI is InChI=1S/C20H8F4N2O/c21-15-13-14(16(22)18(24)17(15)23)20(27)26-10-6-4-8-2-1-7-3-5-9(25-19(13)26)12(10)11(7)8/h3-6H,1-2H2. The highest BCUT2D eigenvalue weighted by atomic mass is 19.2. The Morgan fingerprint density at radius 2 is 1.41 bits per heavy atom. The van der Waals surface area contributed by atoms with Crippen LogP contribution in [0.3, 0.4) is 0 Å². The number of carbonyl (C=O) groups is 1. The Kier molecular flexibility index (Phi) is 2.51. The van der Waals surface area contributed by atoms with Crippen molar-refractivity contribution in [2.75, 3.05) is 4.90 Å². The molecule has 2 aliphatic heterocycles. The van der Waals surface area contributed by atoms with Crippen LogP contribution >= 0.6 is 0 Å². The van der Waals surface area contributed by atoms with Gasteiger partial charge in [-0.3, -0.25) is 9.69 Å². The van der Waals surface area contributed by atoms with Crippen LogP contribution in [0.15, 0.2) is 29.3 Å². The van der Waals surface area contributed by atoms with Gasteiger partial charge in [-0.05, 0) is 41.5 Å². The average Bonchev–Trinajstić information content (AvgIpc) is 3.22. The summed E-state index contributed by atoms with van der Waals surface area (Å²) in [5.41, 5.74) is 1.66. The van der Waals surface area contributed by atoms with Crippen molar-refractivity contribution < 1.29 is 22.4 Å². The maximum absolute atomic E-state index is 14.5. The molecule has 0 saturated carbocycles. The van der Waals surface area contributed by atoms with E-state index in [4.69, 9.17) is 0 Å². The molecule has 3 aliphatic rings. The Balaban J connectivity index is 1.76. The van der Waals surface area contributed by atoms with Crippen LogP contribution in [-0.4, -0.2) is 11.7 Å². The van der Waals surface area contributed by atoms with E-state index in [9.17, 15) is 22.4 Å². The molecule has 1 aliphatic carbocycles. The number of hydrogen-bond donors (Lipinski definition) is 0. The fraction of sp³-hybridized carbons (Fsp3) is 0.100. The van der Waals surface area contributed by atoms with Crippen molar-refractivity contribution in [3.8, 4) is 0 Å². The minimum absolute atomic E-state index is 0.223. The van der Waals surface area contributed by atoms with Gasteiger partial charge in [-0.15, -0.1) is 0 Å². The molecule has 3 nitrogen and oxygen atoms in total. The first-order valence-corrected chi connectivity index (χ1v) is 8.36. The second-order valence-corrected chi connectivity index (χ2v) is 6.82. The van der Waals surface area contributed by atoms with E-state index in [2.05, 4.69) is 4.99 Å². The number of anilines is 1. The lowest BCUT2D eigenvalue weighted by Crippen LogP contribution is -2.32. The Hall–Kier alpha value is -3.22. The quantitative estimate of drug-likeness (QED) is 0.326. The van der Waals surface area contributed by atoms with Crippen LogP contribution in [0, 0.1) is 23.3 Å². The van der Waals surface area contributed by atoms with Crippen molar-refractivity contribution in [3.63, 3.8) is 0 Å². The molecule has 0 fully saturated rings. The van der Waals surface area contributed by atoms with E-state index in [1.165, 1.54) is 0 Å². The minimum atomic E-state index is -2.00. The second-order valence-electron chi connectivity index (χ2n) is 6.82. The molecule has 0 spiro atoms. The summed E-state index contributed by atoms with van der Waals surface area (Å²) in [6, 6.07) is 7.22. The largest absolute Gasteiger partial charge is 0.268 e. The molecule has 0 atom stereocenters. The Bertz CT molecular complexity index is 1290. The lowest BCUT2D eigenvalue weighted by atomic mass is 9.99. The van der Waals surface area contributed by atoms with Gasteiger partial charge >= 0.3 is 0 Å². The zero-order valence-electron chi connectivity index (χ0n) is 13.5. The first-order chi connectivity index (χ1) is 13.0. The van der Waals surface area contributed by atoms with Crippen LogP contribution in [0.5, 0.6) is 0 Å². The third kappa shape index (κ3) is 1.55. The first-order valence-electron chi connectivity index (χ1n) is 8.36. The van der Waals surface area contributed by atoms with E-state index >= 15 is 0 Å². The van der Waals surface area contributed by atoms with Crippen LogP contribution in [0.1, 0.15) is 27.0 Å². The van der Waals surface area contributed by atoms with Gasteiger partial charge in [0.1, 0.15) is 0 Å². The molecule has 2 heterocycles. The van der Waals surface area contributed by atoms with E-state index in [0.717, 1.165) is 34.3 Å². The van der Waals surface area contributed by atoms with E-state index in [1.54, 1.807) is 12.1 Å². The van der Waals surface area contributed by atoms with Crippen molar-refractivity contribution in [1.82, 2.24) is 0 Å². The molecular weight excluding hydrogens is 360 g/mol. The maximum atomic E-state index is 14.5. The monoisotopic (exact) mass is 368 g/mol. The van der Waals surface area contributed by atoms with Gasteiger partial charge in [-0.1, -0.05) is 12.1 Å². The van der Waals surface area contributed by atoms with Crippen LogP contribution in [0.2, 0.25) is 0 Å². The lowest BCUT2D eigenvalue weighted by Gasteiger charge is -2.25. The molecular formula is C20H8F4N2O. The Labute approximate surface area is 149 Å². The van der Waals surface area contributed by atoms with Crippen molar-refractivity contribution >= 4 is 33.9 Å². The minimum Gasteiger partial charge on any atom is -0.268 e. The molecule has 132 valence electrons. The number of fused-ring (bicyclic) bond motifs is 4. The van der Waals surface area contributed by atoms with Crippen LogP contribution in [0.4, 0.5) is 28.9 Å². The summed E-state index contributed by atoms with van der Waals surface area (Å²) in [6.45, 7) is 0. The summed E-state index contributed by atoms with van der Waals surface area (Å²) in [5.74, 6) is -8.45. The number of aryl methyl sites for hydroxylation is 2. The summed E-state index contributed by atoms with van der Waals surface area (Å²) < 4.78 is 56.3. The number of halogens is 4. The zero-order chi connectivity index (χ0) is 18.6. The molecule has 7 heteroatoms. The molecule has 0 bridgehead atoms. The van der Waals surface area contributed by atoms with Crippen molar-refractivity contribution in [2.45, 2.75) is 12.8 Å². The Morgan fingerprint density at radius 1 is 0.778 bits per heavy atom. The zero-order valence-corrected chi connectivity index (χ0v) is 13.5. The van der Waals surface area contributed by atoms with Gasteiger partial charge in [0.15, 0.2) is 29.1 Å². The van der Waals surface area contributed by atoms with Crippen molar-refractivity contribution in [3.05, 3.63) is 69.8 Å². The lowest BCUT2D eigenvalue weighted by molar-refractivity contribution is 0.100. The SMILES string of the molecule is O=C1c2c(F)c(F)c(F)c(F)c2C2=Nc3ccc4c5c(ccc(c35)N12)CC4. The maximum Gasteiger partial charge on any atom is 0.268 e. The first kappa shape index (κ1) is 14.9. The summed E-state index contributed by atoms with van der Waals surface area (Å²) in [5, 5.41) is 1.70. The van der Waals surface area contributed by atoms with Gasteiger partial charge in [0, 0.05) is 5.39 Å². The second kappa shape index (κ2) is 4.54. The van der Waals surface area contributed by atoms with E-state index in [1.807, 2.05) is 12.1 Å². The fourth-order valence-corrected chi connectivity index (χ4v) is 4.38. The molecule has 1 amide bonds. The normalized spacial score (nSPS) is 16.1. The number of amidine groups is 1. The molecule has 27 heavy (non-hydrogen) atoms. The van der Waals surface area contributed by atoms with Crippen molar-refractivity contribution in [1.29, 1.82) is 0 Å². The van der Waals surface area contributed by atoms with Gasteiger partial charge < -0.3 is 0 Å². The van der Waals surface area contributed by atoms with Crippen LogP contribution < -0.4 is 4.90 Å². The third-order valence-corrected chi connectivity index (χ3v) is 5.54. The van der Waals surface area contributed by atoms with Gasteiger partial charge in [0.05, 0.1) is 22.5 Å². The predicted molar refractivity (Wildman–Crippen MR) is 90.6 cm³/mol. The highest BCUT2D eigenvalue weighted by molar-refractivity contribution is 6.40. The molecule has 0 N–H and O–H groups in total. The Morgan fingerprint density at radius 3 is 2.11 bits per heavy atom. The molecule has 3 aromatic carbocycles. The highest BCUT2D eigenvalue weighted by Crippen LogP contribution is 2.48. The number of nitrogens with zero attached hydrogens (tertiary/aromatic N) is 2. The highest BCUT2D eigenvalue weighted by Gasteiger charge is 2.45. The average molecular weight is 368 g/mol. The molecule has 0 saturated heterocycles. The van der Waals surface area contributed by atoms with Gasteiger partial charge in [0.25, 0.3) is 5.91 Å². The number of carbonyl (C=O) groups excluding carboxylic acids is 1. The number of rotatable bonds is 0. The number of hydrogen-bond acceptors (Lipinski definition) is 2. The molecule has 3 aromatic rings. The fourth-order valence-electron chi connectivity index (χ4n) is 4.38. The molecule has 6 rings (SSSR count).